The van der Waals surface area contributed by atoms with Crippen molar-refractivity contribution >= 4 is 37.8 Å². The van der Waals surface area contributed by atoms with Crippen LogP contribution in [-0.4, -0.2) is 31.1 Å². The number of nitrogens with zero attached hydrogens (tertiary/aromatic N) is 1. The van der Waals surface area contributed by atoms with Crippen LogP contribution in [0.3, 0.4) is 0 Å². The number of ether oxygens (including phenoxy) is 2. The standard InChI is InChI=1S/C26H25Br2NO3/c1-3-29-14-13-20-22(28)11-12-24(32-26(30)17-7-5-4-6-8-17)25(20)23(29)16-18-15-19(31-2)9-10-21(18)27/h4-12,15,23H,3,13-14,16H2,1-2H3. The first-order chi connectivity index (χ1) is 15.5. The molecule has 1 aliphatic rings. The van der Waals surface area contributed by atoms with E-state index < -0.39 is 0 Å². The smallest absolute Gasteiger partial charge is 0.343 e. The van der Waals surface area contributed by atoms with Gasteiger partial charge in [0.1, 0.15) is 11.5 Å². The second-order valence-electron chi connectivity index (χ2n) is 7.75. The zero-order valence-corrected chi connectivity index (χ0v) is 21.3. The van der Waals surface area contributed by atoms with E-state index in [1.807, 2.05) is 42.5 Å². The minimum Gasteiger partial charge on any atom is -0.497 e. The number of likely N-dealkylation sites (N-methyl/N-ethyl adjacent to an activating group) is 1. The van der Waals surface area contributed by atoms with Gasteiger partial charge in [0, 0.05) is 27.1 Å². The largest absolute Gasteiger partial charge is 0.497 e. The number of rotatable bonds is 6. The molecule has 4 nitrogen and oxygen atoms in total. The van der Waals surface area contributed by atoms with Crippen molar-refractivity contribution < 1.29 is 14.3 Å². The summed E-state index contributed by atoms with van der Waals surface area (Å²) in [7, 11) is 1.68. The maximum Gasteiger partial charge on any atom is 0.343 e. The minimum atomic E-state index is -0.343. The molecule has 166 valence electrons. The van der Waals surface area contributed by atoms with E-state index in [0.29, 0.717) is 11.3 Å². The van der Waals surface area contributed by atoms with Gasteiger partial charge in [0.25, 0.3) is 0 Å². The van der Waals surface area contributed by atoms with Crippen LogP contribution in [0.25, 0.3) is 0 Å². The van der Waals surface area contributed by atoms with Crippen LogP contribution in [0.2, 0.25) is 0 Å². The summed E-state index contributed by atoms with van der Waals surface area (Å²) >= 11 is 7.43. The Kier molecular flexibility index (Phi) is 7.33. The molecule has 6 heteroatoms. The fourth-order valence-corrected chi connectivity index (χ4v) is 5.26. The van der Waals surface area contributed by atoms with E-state index in [1.54, 1.807) is 19.2 Å². The van der Waals surface area contributed by atoms with Crippen molar-refractivity contribution in [3.05, 3.63) is 91.9 Å². The van der Waals surface area contributed by atoms with Crippen LogP contribution in [0.4, 0.5) is 0 Å². The summed E-state index contributed by atoms with van der Waals surface area (Å²) in [6, 6.07) is 19.1. The van der Waals surface area contributed by atoms with Crippen molar-refractivity contribution in [2.45, 2.75) is 25.8 Å². The Morgan fingerprint density at radius 3 is 2.53 bits per heavy atom. The molecule has 0 saturated carbocycles. The average Bonchev–Trinajstić information content (AvgIpc) is 2.82. The van der Waals surface area contributed by atoms with E-state index in [4.69, 9.17) is 9.47 Å². The molecule has 0 aromatic heterocycles. The van der Waals surface area contributed by atoms with Crippen molar-refractivity contribution in [2.75, 3.05) is 20.2 Å². The molecule has 0 radical (unpaired) electrons. The Bertz CT molecular complexity index is 1120. The molecule has 0 bridgehead atoms. The highest BCUT2D eigenvalue weighted by atomic mass is 79.9. The monoisotopic (exact) mass is 557 g/mol. The van der Waals surface area contributed by atoms with Gasteiger partial charge in [0.2, 0.25) is 0 Å². The number of hydrogen-bond donors (Lipinski definition) is 0. The molecule has 0 spiro atoms. The second-order valence-corrected chi connectivity index (χ2v) is 9.46. The van der Waals surface area contributed by atoms with Crippen molar-refractivity contribution in [1.29, 1.82) is 0 Å². The minimum absolute atomic E-state index is 0.0724. The summed E-state index contributed by atoms with van der Waals surface area (Å²) in [6.45, 7) is 4.03. The van der Waals surface area contributed by atoms with E-state index in [-0.39, 0.29) is 12.0 Å². The van der Waals surface area contributed by atoms with Crippen molar-refractivity contribution in [3.63, 3.8) is 0 Å². The number of esters is 1. The molecule has 0 N–H and O–H groups in total. The van der Waals surface area contributed by atoms with Gasteiger partial charge in [-0.25, -0.2) is 4.79 Å². The molecule has 3 aromatic carbocycles. The lowest BCUT2D eigenvalue weighted by molar-refractivity contribution is 0.0727. The lowest BCUT2D eigenvalue weighted by Gasteiger charge is -2.38. The van der Waals surface area contributed by atoms with Crippen LogP contribution in [-0.2, 0) is 12.8 Å². The highest BCUT2D eigenvalue weighted by molar-refractivity contribution is 9.10. The topological polar surface area (TPSA) is 38.8 Å². The van der Waals surface area contributed by atoms with Crippen LogP contribution in [0.15, 0.2) is 69.6 Å². The van der Waals surface area contributed by atoms with E-state index >= 15 is 0 Å². The first-order valence-corrected chi connectivity index (χ1v) is 12.2. The third kappa shape index (κ3) is 4.77. The Morgan fingerprint density at radius 1 is 1.06 bits per heavy atom. The van der Waals surface area contributed by atoms with Crippen LogP contribution in [0.1, 0.15) is 40.0 Å². The molecule has 1 atom stereocenters. The Morgan fingerprint density at radius 2 is 1.81 bits per heavy atom. The number of halogens is 2. The molecule has 1 aliphatic heterocycles. The predicted octanol–water partition coefficient (Wildman–Crippen LogP) is 6.60. The van der Waals surface area contributed by atoms with Crippen LogP contribution in [0.5, 0.6) is 11.5 Å². The van der Waals surface area contributed by atoms with Crippen LogP contribution >= 0.6 is 31.9 Å². The van der Waals surface area contributed by atoms with Crippen LogP contribution < -0.4 is 9.47 Å². The van der Waals surface area contributed by atoms with Crippen molar-refractivity contribution in [1.82, 2.24) is 4.90 Å². The molecule has 0 fully saturated rings. The molecule has 3 aromatic rings. The molecule has 32 heavy (non-hydrogen) atoms. The van der Waals surface area contributed by atoms with Gasteiger partial charge in [-0.15, -0.1) is 0 Å². The van der Waals surface area contributed by atoms with Crippen molar-refractivity contribution in [3.8, 4) is 11.5 Å². The summed E-state index contributed by atoms with van der Waals surface area (Å²) in [5, 5.41) is 0. The maximum atomic E-state index is 12.9. The predicted molar refractivity (Wildman–Crippen MR) is 134 cm³/mol. The van der Waals surface area contributed by atoms with E-state index in [9.17, 15) is 4.79 Å². The van der Waals surface area contributed by atoms with E-state index in [0.717, 1.165) is 51.8 Å². The first-order valence-electron chi connectivity index (χ1n) is 10.7. The Labute approximate surface area is 205 Å². The van der Waals surface area contributed by atoms with Gasteiger partial charge in [-0.2, -0.15) is 0 Å². The zero-order valence-electron chi connectivity index (χ0n) is 18.1. The molecule has 0 aliphatic carbocycles. The van der Waals surface area contributed by atoms with Gasteiger partial charge in [-0.1, -0.05) is 57.0 Å². The first kappa shape index (κ1) is 23.0. The van der Waals surface area contributed by atoms with Gasteiger partial charge in [-0.3, -0.25) is 4.90 Å². The fourth-order valence-electron chi connectivity index (χ4n) is 4.30. The normalized spacial score (nSPS) is 15.8. The number of carbonyl (C=O) groups is 1. The summed E-state index contributed by atoms with van der Waals surface area (Å²) in [6.07, 6.45) is 1.67. The summed E-state index contributed by atoms with van der Waals surface area (Å²) in [5.41, 5.74) is 3.98. The van der Waals surface area contributed by atoms with Gasteiger partial charge in [-0.05, 0) is 73.0 Å². The van der Waals surface area contributed by atoms with Crippen molar-refractivity contribution in [2.24, 2.45) is 0 Å². The molecule has 0 saturated heterocycles. The number of fused-ring (bicyclic) bond motifs is 1. The Hall–Kier alpha value is -2.15. The number of methoxy groups -OCH3 is 1. The Balaban J connectivity index is 1.76. The number of hydrogen-bond acceptors (Lipinski definition) is 4. The molecule has 0 amide bonds. The van der Waals surface area contributed by atoms with E-state index in [1.165, 1.54) is 5.56 Å². The third-order valence-corrected chi connectivity index (χ3v) is 7.48. The molecule has 1 unspecified atom stereocenters. The molecule has 1 heterocycles. The maximum absolute atomic E-state index is 12.9. The highest BCUT2D eigenvalue weighted by Gasteiger charge is 2.32. The lowest BCUT2D eigenvalue weighted by Crippen LogP contribution is -2.37. The number of benzene rings is 3. The van der Waals surface area contributed by atoms with Gasteiger partial charge < -0.3 is 9.47 Å². The second kappa shape index (κ2) is 10.2. The van der Waals surface area contributed by atoms with Gasteiger partial charge in [0.15, 0.2) is 0 Å². The zero-order chi connectivity index (χ0) is 22.7. The average molecular weight is 559 g/mol. The SMILES string of the molecule is CCN1CCc2c(Br)ccc(OC(=O)c3ccccc3)c2C1Cc1cc(OC)ccc1Br. The van der Waals surface area contributed by atoms with Crippen LogP contribution in [0, 0.1) is 0 Å². The molecule has 4 rings (SSSR count). The third-order valence-electron chi connectivity index (χ3n) is 5.97. The molecular weight excluding hydrogens is 534 g/mol. The highest BCUT2D eigenvalue weighted by Crippen LogP contribution is 2.42. The summed E-state index contributed by atoms with van der Waals surface area (Å²) < 4.78 is 13.5. The van der Waals surface area contributed by atoms with E-state index in [2.05, 4.69) is 49.7 Å². The van der Waals surface area contributed by atoms with Gasteiger partial charge >= 0.3 is 5.97 Å². The fraction of sp³-hybridized carbons (Fsp3) is 0.269. The summed E-state index contributed by atoms with van der Waals surface area (Å²) in [5.74, 6) is 1.11. The lowest BCUT2D eigenvalue weighted by atomic mass is 9.87. The summed E-state index contributed by atoms with van der Waals surface area (Å²) in [4.78, 5) is 15.3. The van der Waals surface area contributed by atoms with Gasteiger partial charge in [0.05, 0.1) is 12.7 Å². The number of carbonyl (C=O) groups excluding carboxylic acids is 1. The quantitative estimate of drug-likeness (QED) is 0.252. The molecular formula is C26H25Br2NO3.